The van der Waals surface area contributed by atoms with Crippen molar-refractivity contribution >= 4 is 17.6 Å². The van der Waals surface area contributed by atoms with E-state index >= 15 is 0 Å². The number of methoxy groups -OCH3 is 1. The van der Waals surface area contributed by atoms with Crippen molar-refractivity contribution in [3.8, 4) is 5.75 Å². The number of nitrogens with one attached hydrogen (secondary N) is 2. The zero-order valence-electron chi connectivity index (χ0n) is 15.9. The summed E-state index contributed by atoms with van der Waals surface area (Å²) in [5, 5.41) is 8.96. The zero-order valence-corrected chi connectivity index (χ0v) is 15.9. The van der Waals surface area contributed by atoms with Crippen LogP contribution in [0.2, 0.25) is 0 Å². The number of anilines is 1. The van der Waals surface area contributed by atoms with Gasteiger partial charge >= 0.3 is 0 Å². The molecular weight excluding hydrogens is 353 g/mol. The minimum atomic E-state index is -0.883. The van der Waals surface area contributed by atoms with Gasteiger partial charge < -0.3 is 20.3 Å². The van der Waals surface area contributed by atoms with E-state index in [2.05, 4.69) is 15.7 Å². The first kappa shape index (κ1) is 20.4. The maximum absolute atomic E-state index is 14.6. The number of ether oxygens (including phenoxy) is 1. The quantitative estimate of drug-likeness (QED) is 0.681. The normalized spacial score (nSPS) is 10.7. The van der Waals surface area contributed by atoms with Gasteiger partial charge in [0.15, 0.2) is 17.3 Å². The number of nitrogens with zero attached hydrogens (tertiary/aromatic N) is 3. The summed E-state index contributed by atoms with van der Waals surface area (Å²) in [5.74, 6) is -1.90. The Labute approximate surface area is 157 Å². The molecule has 0 spiro atoms. The summed E-state index contributed by atoms with van der Waals surface area (Å²) in [4.78, 5) is 26.6. The molecule has 0 atom stereocenters. The third-order valence-corrected chi connectivity index (χ3v) is 3.86. The summed E-state index contributed by atoms with van der Waals surface area (Å²) in [6.07, 6.45) is 0.727. The number of benzene rings is 1. The molecule has 0 fully saturated rings. The van der Waals surface area contributed by atoms with Gasteiger partial charge in [-0.1, -0.05) is 12.1 Å². The first-order valence-corrected chi connectivity index (χ1v) is 8.45. The topological polar surface area (TPSA) is 88.5 Å². The van der Waals surface area contributed by atoms with Gasteiger partial charge in [0.1, 0.15) is 5.75 Å². The van der Waals surface area contributed by atoms with Gasteiger partial charge in [-0.3, -0.25) is 9.59 Å². The van der Waals surface area contributed by atoms with Gasteiger partial charge in [0.05, 0.1) is 12.7 Å². The van der Waals surface area contributed by atoms with Gasteiger partial charge in [-0.15, -0.1) is 0 Å². The zero-order chi connectivity index (χ0) is 20.0. The lowest BCUT2D eigenvalue weighted by molar-refractivity contribution is 0.0941. The number of para-hydroxylation sites is 1. The number of amides is 2. The molecule has 0 saturated carbocycles. The smallest absolute Gasteiger partial charge is 0.274 e. The van der Waals surface area contributed by atoms with Crippen LogP contribution in [0.1, 0.15) is 27.3 Å². The fourth-order valence-corrected chi connectivity index (χ4v) is 2.47. The van der Waals surface area contributed by atoms with Crippen LogP contribution in [0.15, 0.2) is 24.3 Å². The van der Waals surface area contributed by atoms with Crippen molar-refractivity contribution in [2.24, 2.45) is 7.05 Å². The number of aromatic nitrogens is 2. The van der Waals surface area contributed by atoms with Crippen LogP contribution in [0.4, 0.5) is 10.2 Å². The summed E-state index contributed by atoms with van der Waals surface area (Å²) < 4.78 is 20.9. The average Bonchev–Trinajstić information content (AvgIpc) is 2.93. The Morgan fingerprint density at radius 3 is 2.63 bits per heavy atom. The molecule has 2 rings (SSSR count). The van der Waals surface area contributed by atoms with Crippen molar-refractivity contribution in [2.45, 2.75) is 6.42 Å². The Kier molecular flexibility index (Phi) is 6.89. The van der Waals surface area contributed by atoms with E-state index < -0.39 is 17.6 Å². The number of hydrogen-bond acceptors (Lipinski definition) is 5. The molecule has 1 aromatic carbocycles. The lowest BCUT2D eigenvalue weighted by Gasteiger charge is -2.09. The average molecular weight is 377 g/mol. The van der Waals surface area contributed by atoms with Crippen LogP contribution in [0, 0.1) is 5.82 Å². The van der Waals surface area contributed by atoms with Gasteiger partial charge in [0.2, 0.25) is 0 Å². The van der Waals surface area contributed by atoms with Crippen LogP contribution in [0.25, 0.3) is 0 Å². The third-order valence-electron chi connectivity index (χ3n) is 3.86. The van der Waals surface area contributed by atoms with Gasteiger partial charge in [-0.05, 0) is 39.2 Å². The van der Waals surface area contributed by atoms with Crippen LogP contribution in [-0.4, -0.2) is 60.8 Å². The molecule has 0 radical (unpaired) electrons. The molecule has 9 heteroatoms. The van der Waals surface area contributed by atoms with Crippen molar-refractivity contribution in [1.29, 1.82) is 0 Å². The highest BCUT2D eigenvalue weighted by Gasteiger charge is 2.24. The van der Waals surface area contributed by atoms with E-state index in [0.29, 0.717) is 12.3 Å². The molecular formula is C18H24FN5O3. The molecule has 1 aromatic heterocycles. The van der Waals surface area contributed by atoms with E-state index in [9.17, 15) is 14.0 Å². The fourth-order valence-electron chi connectivity index (χ4n) is 2.47. The standard InChI is InChI=1S/C18H24FN5O3/c1-23(2)11-7-10-20-18(26)15-14(19)16(24(3)22-15)21-17(25)12-8-5-6-9-13(12)27-4/h5-6,8-9H,7,10-11H2,1-4H3,(H,20,26)(H,21,25). The Morgan fingerprint density at radius 2 is 1.96 bits per heavy atom. The molecule has 0 bridgehead atoms. The largest absolute Gasteiger partial charge is 0.496 e. The molecule has 0 unspecified atom stereocenters. The van der Waals surface area contributed by atoms with E-state index in [1.165, 1.54) is 14.2 Å². The molecule has 2 N–H and O–H groups in total. The number of aryl methyl sites for hydroxylation is 1. The highest BCUT2D eigenvalue weighted by Crippen LogP contribution is 2.21. The lowest BCUT2D eigenvalue weighted by atomic mass is 10.2. The molecule has 2 amide bonds. The highest BCUT2D eigenvalue weighted by atomic mass is 19.1. The van der Waals surface area contributed by atoms with Crippen LogP contribution < -0.4 is 15.4 Å². The van der Waals surface area contributed by atoms with E-state index in [1.807, 2.05) is 19.0 Å². The molecule has 1 heterocycles. The van der Waals surface area contributed by atoms with Crippen molar-refractivity contribution in [3.63, 3.8) is 0 Å². The molecule has 2 aromatic rings. The Bertz CT molecular complexity index is 819. The van der Waals surface area contributed by atoms with Crippen LogP contribution in [-0.2, 0) is 7.05 Å². The van der Waals surface area contributed by atoms with E-state index in [-0.39, 0.29) is 17.1 Å². The molecule has 0 aliphatic heterocycles. The minimum absolute atomic E-state index is 0.190. The van der Waals surface area contributed by atoms with E-state index in [1.54, 1.807) is 24.3 Å². The van der Waals surface area contributed by atoms with Crippen molar-refractivity contribution in [1.82, 2.24) is 20.0 Å². The minimum Gasteiger partial charge on any atom is -0.496 e. The maximum atomic E-state index is 14.6. The molecule has 0 aliphatic rings. The van der Waals surface area contributed by atoms with E-state index in [0.717, 1.165) is 17.6 Å². The second-order valence-electron chi connectivity index (χ2n) is 6.20. The maximum Gasteiger partial charge on any atom is 0.274 e. The SMILES string of the molecule is COc1ccccc1C(=O)Nc1c(F)c(C(=O)NCCCN(C)C)nn1C. The van der Waals surface area contributed by atoms with Gasteiger partial charge in [0.25, 0.3) is 11.8 Å². The second kappa shape index (κ2) is 9.13. The molecule has 27 heavy (non-hydrogen) atoms. The Morgan fingerprint density at radius 1 is 1.26 bits per heavy atom. The molecule has 0 aliphatic carbocycles. The van der Waals surface area contributed by atoms with Crippen LogP contribution >= 0.6 is 0 Å². The Hall–Kier alpha value is -2.94. The number of carbonyl (C=O) groups excluding carboxylic acids is 2. The van der Waals surface area contributed by atoms with Crippen LogP contribution in [0.3, 0.4) is 0 Å². The van der Waals surface area contributed by atoms with Gasteiger partial charge in [0, 0.05) is 13.6 Å². The molecule has 146 valence electrons. The van der Waals surface area contributed by atoms with Gasteiger partial charge in [-0.2, -0.15) is 5.10 Å². The number of carbonyl (C=O) groups is 2. The number of halogens is 1. The van der Waals surface area contributed by atoms with Gasteiger partial charge in [-0.25, -0.2) is 9.07 Å². The molecule has 8 nitrogen and oxygen atoms in total. The highest BCUT2D eigenvalue weighted by molar-refractivity contribution is 6.06. The third kappa shape index (κ3) is 5.04. The fraction of sp³-hybridized carbons (Fsp3) is 0.389. The first-order valence-electron chi connectivity index (χ1n) is 8.45. The van der Waals surface area contributed by atoms with Crippen molar-refractivity contribution < 1.29 is 18.7 Å². The summed E-state index contributed by atoms with van der Waals surface area (Å²) in [5.41, 5.74) is -0.118. The van der Waals surface area contributed by atoms with Crippen LogP contribution in [0.5, 0.6) is 5.75 Å². The lowest BCUT2D eigenvalue weighted by Crippen LogP contribution is -2.28. The van der Waals surface area contributed by atoms with Crippen molar-refractivity contribution in [2.75, 3.05) is 39.6 Å². The van der Waals surface area contributed by atoms with Crippen molar-refractivity contribution in [3.05, 3.63) is 41.3 Å². The molecule has 0 saturated heterocycles. The summed E-state index contributed by atoms with van der Waals surface area (Å²) in [6, 6.07) is 6.57. The first-order chi connectivity index (χ1) is 12.8. The van der Waals surface area contributed by atoms with E-state index in [4.69, 9.17) is 4.74 Å². The second-order valence-corrected chi connectivity index (χ2v) is 6.20. The Balaban J connectivity index is 2.11. The number of hydrogen-bond donors (Lipinski definition) is 2. The number of rotatable bonds is 8. The summed E-state index contributed by atoms with van der Waals surface area (Å²) >= 11 is 0. The summed E-state index contributed by atoms with van der Waals surface area (Å²) in [6.45, 7) is 1.20. The monoisotopic (exact) mass is 377 g/mol. The predicted octanol–water partition coefficient (Wildman–Crippen LogP) is 1.50. The summed E-state index contributed by atoms with van der Waals surface area (Å²) in [7, 11) is 6.74. The predicted molar refractivity (Wildman–Crippen MR) is 99.6 cm³/mol.